The molecule has 0 aromatic heterocycles. The molecule has 1 atom stereocenters. The SMILES string of the molecule is NC(=O)C1=CN2C=CN3C=CC=C(C1)C32. The van der Waals surface area contributed by atoms with E-state index in [1.807, 2.05) is 35.8 Å². The number of amides is 1. The van der Waals surface area contributed by atoms with Crippen molar-refractivity contribution in [3.05, 3.63) is 48.1 Å². The molecule has 1 amide bonds. The Morgan fingerprint density at radius 2 is 2.13 bits per heavy atom. The molecule has 4 nitrogen and oxygen atoms in total. The Kier molecular flexibility index (Phi) is 1.54. The topological polar surface area (TPSA) is 49.6 Å². The van der Waals surface area contributed by atoms with Gasteiger partial charge in [-0.25, -0.2) is 0 Å². The molecule has 0 saturated heterocycles. The highest BCUT2D eigenvalue weighted by Gasteiger charge is 2.33. The zero-order valence-corrected chi connectivity index (χ0v) is 8.13. The highest BCUT2D eigenvalue weighted by molar-refractivity contribution is 5.92. The van der Waals surface area contributed by atoms with Crippen molar-refractivity contribution in [2.75, 3.05) is 0 Å². The lowest BCUT2D eigenvalue weighted by Crippen LogP contribution is -2.40. The fourth-order valence-corrected chi connectivity index (χ4v) is 2.20. The van der Waals surface area contributed by atoms with Gasteiger partial charge in [0.15, 0.2) is 0 Å². The normalized spacial score (nSPS) is 26.3. The average molecular weight is 201 g/mol. The zero-order chi connectivity index (χ0) is 10.4. The van der Waals surface area contributed by atoms with Gasteiger partial charge in [-0.05, 0) is 11.6 Å². The second-order valence-electron chi connectivity index (χ2n) is 3.84. The van der Waals surface area contributed by atoms with Crippen molar-refractivity contribution in [1.82, 2.24) is 9.80 Å². The molecule has 3 rings (SSSR count). The Morgan fingerprint density at radius 1 is 1.33 bits per heavy atom. The summed E-state index contributed by atoms with van der Waals surface area (Å²) >= 11 is 0. The van der Waals surface area contributed by atoms with Gasteiger partial charge in [0.2, 0.25) is 5.91 Å². The molecule has 3 aliphatic heterocycles. The van der Waals surface area contributed by atoms with Crippen LogP contribution in [0.3, 0.4) is 0 Å². The van der Waals surface area contributed by atoms with Crippen molar-refractivity contribution in [3.63, 3.8) is 0 Å². The molecule has 0 fully saturated rings. The maximum absolute atomic E-state index is 11.1. The van der Waals surface area contributed by atoms with E-state index in [1.54, 1.807) is 0 Å². The number of hydrogen-bond donors (Lipinski definition) is 1. The van der Waals surface area contributed by atoms with Crippen LogP contribution in [-0.2, 0) is 4.79 Å². The molecular weight excluding hydrogens is 190 g/mol. The van der Waals surface area contributed by atoms with E-state index in [9.17, 15) is 4.79 Å². The first kappa shape index (κ1) is 8.35. The maximum Gasteiger partial charge on any atom is 0.246 e. The van der Waals surface area contributed by atoms with E-state index in [2.05, 4.69) is 11.0 Å². The van der Waals surface area contributed by atoms with Gasteiger partial charge in [-0.1, -0.05) is 6.08 Å². The summed E-state index contributed by atoms with van der Waals surface area (Å²) in [4.78, 5) is 15.3. The van der Waals surface area contributed by atoms with E-state index in [0.29, 0.717) is 12.0 Å². The Balaban J connectivity index is 2.05. The third kappa shape index (κ3) is 1.11. The summed E-state index contributed by atoms with van der Waals surface area (Å²) in [5.41, 5.74) is 7.18. The van der Waals surface area contributed by atoms with Crippen LogP contribution in [0.1, 0.15) is 6.42 Å². The van der Waals surface area contributed by atoms with Gasteiger partial charge in [-0.2, -0.15) is 0 Å². The van der Waals surface area contributed by atoms with Crippen molar-refractivity contribution in [2.24, 2.45) is 5.73 Å². The third-order valence-corrected chi connectivity index (χ3v) is 2.89. The van der Waals surface area contributed by atoms with E-state index in [1.165, 1.54) is 5.57 Å². The minimum Gasteiger partial charge on any atom is -0.366 e. The van der Waals surface area contributed by atoms with E-state index in [-0.39, 0.29) is 12.1 Å². The van der Waals surface area contributed by atoms with Gasteiger partial charge in [-0.15, -0.1) is 0 Å². The largest absolute Gasteiger partial charge is 0.366 e. The van der Waals surface area contributed by atoms with Crippen LogP contribution < -0.4 is 5.73 Å². The van der Waals surface area contributed by atoms with Crippen LogP contribution in [0.25, 0.3) is 0 Å². The predicted octanol–water partition coefficient (Wildman–Crippen LogP) is 0.628. The highest BCUT2D eigenvalue weighted by Crippen LogP contribution is 2.34. The summed E-state index contributed by atoms with van der Waals surface area (Å²) < 4.78 is 0. The van der Waals surface area contributed by atoms with Crippen LogP contribution in [0.15, 0.2) is 48.1 Å². The molecule has 3 aliphatic rings. The number of nitrogens with two attached hydrogens (primary N) is 1. The summed E-state index contributed by atoms with van der Waals surface area (Å²) in [5, 5.41) is 0. The number of hydrogen-bond acceptors (Lipinski definition) is 3. The van der Waals surface area contributed by atoms with Gasteiger partial charge in [0.1, 0.15) is 6.17 Å². The van der Waals surface area contributed by atoms with E-state index in [4.69, 9.17) is 5.73 Å². The second kappa shape index (κ2) is 2.76. The number of carbonyl (C=O) groups excluding carboxylic acids is 1. The number of allylic oxidation sites excluding steroid dienone is 2. The quantitative estimate of drug-likeness (QED) is 0.677. The molecule has 0 aliphatic carbocycles. The molecule has 2 N–H and O–H groups in total. The Bertz CT molecular complexity index is 445. The third-order valence-electron chi connectivity index (χ3n) is 2.89. The average Bonchev–Trinajstić information content (AvgIpc) is 2.64. The van der Waals surface area contributed by atoms with Crippen molar-refractivity contribution in [3.8, 4) is 0 Å². The standard InChI is InChI=1S/C11H11N3O/c12-10(15)9-6-8-2-1-3-13-4-5-14(7-9)11(8)13/h1-5,7,11H,6H2,(H2,12,15). The summed E-state index contributed by atoms with van der Waals surface area (Å²) in [7, 11) is 0. The Morgan fingerprint density at radius 3 is 2.93 bits per heavy atom. The van der Waals surface area contributed by atoms with E-state index in [0.717, 1.165) is 0 Å². The fraction of sp³-hybridized carbons (Fsp3) is 0.182. The van der Waals surface area contributed by atoms with Crippen molar-refractivity contribution < 1.29 is 4.79 Å². The van der Waals surface area contributed by atoms with E-state index >= 15 is 0 Å². The van der Waals surface area contributed by atoms with Crippen LogP contribution in [0.2, 0.25) is 0 Å². The van der Waals surface area contributed by atoms with Gasteiger partial charge in [0.05, 0.1) is 0 Å². The Hall–Kier alpha value is -1.97. The van der Waals surface area contributed by atoms with Gasteiger partial charge in [0, 0.05) is 36.8 Å². The van der Waals surface area contributed by atoms with Crippen LogP contribution in [0.5, 0.6) is 0 Å². The maximum atomic E-state index is 11.1. The van der Waals surface area contributed by atoms with Crippen LogP contribution in [0, 0.1) is 0 Å². The zero-order valence-electron chi connectivity index (χ0n) is 8.13. The van der Waals surface area contributed by atoms with Crippen molar-refractivity contribution >= 4 is 5.91 Å². The minimum absolute atomic E-state index is 0.220. The predicted molar refractivity (Wildman–Crippen MR) is 55.7 cm³/mol. The van der Waals surface area contributed by atoms with Crippen LogP contribution >= 0.6 is 0 Å². The first-order valence-electron chi connectivity index (χ1n) is 4.87. The highest BCUT2D eigenvalue weighted by atomic mass is 16.1. The van der Waals surface area contributed by atoms with Gasteiger partial charge >= 0.3 is 0 Å². The van der Waals surface area contributed by atoms with Gasteiger partial charge in [-0.3, -0.25) is 4.79 Å². The molecule has 0 spiro atoms. The Labute approximate surface area is 87.6 Å². The van der Waals surface area contributed by atoms with Crippen molar-refractivity contribution in [2.45, 2.75) is 12.6 Å². The number of nitrogens with zero attached hydrogens (tertiary/aromatic N) is 2. The van der Waals surface area contributed by atoms with Crippen LogP contribution in [0.4, 0.5) is 0 Å². The summed E-state index contributed by atoms with van der Waals surface area (Å²) in [5.74, 6) is -0.337. The number of carbonyl (C=O) groups is 1. The molecule has 4 heteroatoms. The minimum atomic E-state index is -0.337. The first-order chi connectivity index (χ1) is 7.25. The first-order valence-corrected chi connectivity index (χ1v) is 4.87. The fourth-order valence-electron chi connectivity index (χ4n) is 2.20. The summed E-state index contributed by atoms with van der Waals surface area (Å²) in [6, 6.07) is 0. The molecule has 0 aromatic carbocycles. The van der Waals surface area contributed by atoms with Gasteiger partial charge in [0.25, 0.3) is 0 Å². The smallest absolute Gasteiger partial charge is 0.246 e. The summed E-state index contributed by atoms with van der Waals surface area (Å²) in [6.07, 6.45) is 12.7. The second-order valence-corrected chi connectivity index (χ2v) is 3.84. The molecule has 0 saturated carbocycles. The number of rotatable bonds is 1. The molecule has 76 valence electrons. The molecule has 0 bridgehead atoms. The van der Waals surface area contributed by atoms with E-state index < -0.39 is 0 Å². The van der Waals surface area contributed by atoms with Gasteiger partial charge < -0.3 is 15.5 Å². The lowest BCUT2D eigenvalue weighted by molar-refractivity contribution is -0.114. The monoisotopic (exact) mass is 201 g/mol. The summed E-state index contributed by atoms with van der Waals surface area (Å²) in [6.45, 7) is 0. The van der Waals surface area contributed by atoms with Crippen LogP contribution in [-0.4, -0.2) is 21.9 Å². The molecule has 15 heavy (non-hydrogen) atoms. The molecule has 3 heterocycles. The molecule has 0 radical (unpaired) electrons. The molecular formula is C11H11N3O. The lowest BCUT2D eigenvalue weighted by Gasteiger charge is -2.36. The number of primary amides is 1. The lowest BCUT2D eigenvalue weighted by atomic mass is 9.97. The molecule has 1 unspecified atom stereocenters. The van der Waals surface area contributed by atoms with Crippen molar-refractivity contribution in [1.29, 1.82) is 0 Å². The molecule has 0 aromatic rings.